The van der Waals surface area contributed by atoms with E-state index in [1.807, 2.05) is 61.3 Å². The smallest absolute Gasteiger partial charge is 0.175 e. The van der Waals surface area contributed by atoms with E-state index >= 15 is 0 Å². The van der Waals surface area contributed by atoms with Crippen molar-refractivity contribution < 1.29 is 0 Å². The van der Waals surface area contributed by atoms with E-state index in [9.17, 15) is 0 Å². The number of rotatable bonds is 3. The molecule has 0 fully saturated rings. The van der Waals surface area contributed by atoms with Crippen molar-refractivity contribution in [3.63, 3.8) is 0 Å². The van der Waals surface area contributed by atoms with Crippen LogP contribution in [0.4, 0.5) is 11.5 Å². The van der Waals surface area contributed by atoms with Gasteiger partial charge in [0.25, 0.3) is 0 Å². The number of nitriles is 1. The van der Waals surface area contributed by atoms with Gasteiger partial charge in [-0.25, -0.2) is 14.3 Å². The highest BCUT2D eigenvalue weighted by Crippen LogP contribution is 2.38. The van der Waals surface area contributed by atoms with Gasteiger partial charge in [-0.05, 0) is 56.2 Å². The van der Waals surface area contributed by atoms with Gasteiger partial charge < -0.3 is 4.90 Å². The van der Waals surface area contributed by atoms with Crippen molar-refractivity contribution in [2.75, 3.05) is 11.4 Å². The fourth-order valence-electron chi connectivity index (χ4n) is 3.90. The van der Waals surface area contributed by atoms with E-state index in [1.54, 1.807) is 10.9 Å². The van der Waals surface area contributed by atoms with Gasteiger partial charge in [0.05, 0.1) is 17.3 Å². The van der Waals surface area contributed by atoms with E-state index < -0.39 is 0 Å². The van der Waals surface area contributed by atoms with Gasteiger partial charge in [-0.1, -0.05) is 0 Å². The molecule has 1 aliphatic heterocycles. The topological polar surface area (TPSA) is 75.6 Å². The van der Waals surface area contributed by atoms with Gasteiger partial charge in [-0.15, -0.1) is 5.10 Å². The number of pyridine rings is 1. The molecule has 5 rings (SSSR count). The van der Waals surface area contributed by atoms with E-state index in [4.69, 9.17) is 15.3 Å². The van der Waals surface area contributed by atoms with Crippen LogP contribution in [-0.4, -0.2) is 31.1 Å². The second-order valence-electron chi connectivity index (χ2n) is 7.17. The zero-order chi connectivity index (χ0) is 20.0. The lowest BCUT2D eigenvalue weighted by Gasteiger charge is -2.21. The number of fused-ring (bicyclic) bond motifs is 1. The minimum Gasteiger partial charge on any atom is -0.325 e. The summed E-state index contributed by atoms with van der Waals surface area (Å²) in [6.45, 7) is 4.89. The van der Waals surface area contributed by atoms with Gasteiger partial charge in [0.15, 0.2) is 5.82 Å². The molecule has 0 amide bonds. The van der Waals surface area contributed by atoms with Crippen molar-refractivity contribution in [2.45, 2.75) is 20.3 Å². The second kappa shape index (κ2) is 6.60. The Labute approximate surface area is 168 Å². The average molecular weight is 381 g/mol. The van der Waals surface area contributed by atoms with Gasteiger partial charge >= 0.3 is 0 Å². The summed E-state index contributed by atoms with van der Waals surface area (Å²) in [6.07, 6.45) is 6.46. The lowest BCUT2D eigenvalue weighted by atomic mass is 10.1. The number of aryl methyl sites for hydroxylation is 2. The second-order valence-corrected chi connectivity index (χ2v) is 7.17. The summed E-state index contributed by atoms with van der Waals surface area (Å²) >= 11 is 0. The SMILES string of the molecule is Cc1cc(-n2ccc(-n3cccn3)n2)c2c(n1)N(c1ccc(C#N)cc1C)CC2. The Morgan fingerprint density at radius 1 is 1.03 bits per heavy atom. The molecule has 1 aliphatic rings. The minimum atomic E-state index is 0.672. The van der Waals surface area contributed by atoms with E-state index in [1.165, 1.54) is 5.56 Å². The summed E-state index contributed by atoms with van der Waals surface area (Å²) in [6, 6.07) is 13.9. The third kappa shape index (κ3) is 2.86. The van der Waals surface area contributed by atoms with Crippen molar-refractivity contribution in [1.29, 1.82) is 5.26 Å². The molecular formula is C22H19N7. The predicted molar refractivity (Wildman–Crippen MR) is 110 cm³/mol. The number of aromatic nitrogens is 5. The van der Waals surface area contributed by atoms with Crippen LogP contribution < -0.4 is 4.90 Å². The van der Waals surface area contributed by atoms with Crippen LogP contribution in [-0.2, 0) is 6.42 Å². The fourth-order valence-corrected chi connectivity index (χ4v) is 3.90. The van der Waals surface area contributed by atoms with Gasteiger partial charge in [-0.2, -0.15) is 10.4 Å². The van der Waals surface area contributed by atoms with Crippen molar-refractivity contribution in [1.82, 2.24) is 24.5 Å². The number of nitrogens with zero attached hydrogens (tertiary/aromatic N) is 7. The molecule has 0 atom stereocenters. The zero-order valence-electron chi connectivity index (χ0n) is 16.2. The average Bonchev–Trinajstić information content (AvgIpc) is 3.47. The van der Waals surface area contributed by atoms with Crippen LogP contribution in [0, 0.1) is 25.2 Å². The van der Waals surface area contributed by atoms with Gasteiger partial charge in [-0.3, -0.25) is 0 Å². The highest BCUT2D eigenvalue weighted by Gasteiger charge is 2.27. The first-order chi connectivity index (χ1) is 14.1. The van der Waals surface area contributed by atoms with Crippen LogP contribution >= 0.6 is 0 Å². The van der Waals surface area contributed by atoms with Crippen molar-refractivity contribution >= 4 is 11.5 Å². The minimum absolute atomic E-state index is 0.672. The summed E-state index contributed by atoms with van der Waals surface area (Å²) in [4.78, 5) is 7.08. The molecule has 0 saturated heterocycles. The van der Waals surface area contributed by atoms with Crippen LogP contribution in [0.5, 0.6) is 0 Å². The normalized spacial score (nSPS) is 12.8. The van der Waals surface area contributed by atoms with E-state index in [0.29, 0.717) is 5.56 Å². The molecule has 0 saturated carbocycles. The Kier molecular flexibility index (Phi) is 3.91. The molecular weight excluding hydrogens is 362 g/mol. The molecule has 1 aromatic carbocycles. The third-order valence-corrected chi connectivity index (χ3v) is 5.23. The van der Waals surface area contributed by atoms with E-state index in [0.717, 1.165) is 47.2 Å². The van der Waals surface area contributed by atoms with Gasteiger partial charge in [0, 0.05) is 48.1 Å². The Hall–Kier alpha value is -3.92. The highest BCUT2D eigenvalue weighted by molar-refractivity contribution is 5.73. The molecule has 3 aromatic heterocycles. The van der Waals surface area contributed by atoms with Crippen LogP contribution in [0.3, 0.4) is 0 Å². The van der Waals surface area contributed by atoms with Crippen molar-refractivity contribution in [3.05, 3.63) is 77.4 Å². The van der Waals surface area contributed by atoms with Crippen LogP contribution in [0.15, 0.2) is 55.0 Å². The first kappa shape index (κ1) is 17.2. The Bertz CT molecular complexity index is 1240. The molecule has 0 aliphatic carbocycles. The van der Waals surface area contributed by atoms with Crippen molar-refractivity contribution in [2.24, 2.45) is 0 Å². The molecule has 4 aromatic rings. The maximum Gasteiger partial charge on any atom is 0.175 e. The van der Waals surface area contributed by atoms with Gasteiger partial charge in [0.2, 0.25) is 0 Å². The maximum atomic E-state index is 9.15. The lowest BCUT2D eigenvalue weighted by molar-refractivity contribution is 0.788. The summed E-state index contributed by atoms with van der Waals surface area (Å²) in [5, 5.41) is 18.1. The number of anilines is 2. The lowest BCUT2D eigenvalue weighted by Crippen LogP contribution is -2.16. The molecule has 0 spiro atoms. The molecule has 0 radical (unpaired) electrons. The predicted octanol–water partition coefficient (Wildman–Crippen LogP) is 3.64. The number of hydrogen-bond donors (Lipinski definition) is 0. The highest BCUT2D eigenvalue weighted by atomic mass is 15.4. The zero-order valence-corrected chi connectivity index (χ0v) is 16.2. The Balaban J connectivity index is 1.58. The summed E-state index contributed by atoms with van der Waals surface area (Å²) < 4.78 is 3.65. The van der Waals surface area contributed by atoms with Gasteiger partial charge in [0.1, 0.15) is 5.82 Å². The van der Waals surface area contributed by atoms with E-state index in [2.05, 4.69) is 22.1 Å². The fraction of sp³-hybridized carbons (Fsp3) is 0.182. The molecule has 7 heteroatoms. The van der Waals surface area contributed by atoms with Crippen LogP contribution in [0.1, 0.15) is 22.4 Å². The molecule has 4 heterocycles. The van der Waals surface area contributed by atoms with Crippen LogP contribution in [0.25, 0.3) is 11.5 Å². The molecule has 0 unspecified atom stereocenters. The molecule has 142 valence electrons. The number of benzene rings is 1. The summed E-state index contributed by atoms with van der Waals surface area (Å²) in [7, 11) is 0. The van der Waals surface area contributed by atoms with Crippen molar-refractivity contribution in [3.8, 4) is 17.6 Å². The largest absolute Gasteiger partial charge is 0.325 e. The molecule has 0 N–H and O–H groups in total. The number of hydrogen-bond acceptors (Lipinski definition) is 5. The van der Waals surface area contributed by atoms with Crippen LogP contribution in [0.2, 0.25) is 0 Å². The Morgan fingerprint density at radius 3 is 2.69 bits per heavy atom. The third-order valence-electron chi connectivity index (χ3n) is 5.23. The van der Waals surface area contributed by atoms with E-state index in [-0.39, 0.29) is 0 Å². The Morgan fingerprint density at radius 2 is 1.93 bits per heavy atom. The first-order valence-electron chi connectivity index (χ1n) is 9.49. The quantitative estimate of drug-likeness (QED) is 0.542. The summed E-state index contributed by atoms with van der Waals surface area (Å²) in [5.74, 6) is 1.74. The standard InChI is InChI=1S/C22H19N7/c1-15-12-17(14-23)4-5-19(15)27-10-6-18-20(13-16(2)25-22(18)27)28-11-7-21(26-28)29-9-3-8-24-29/h3-5,7-9,11-13H,6,10H2,1-2H3. The monoisotopic (exact) mass is 381 g/mol. The molecule has 0 bridgehead atoms. The maximum absolute atomic E-state index is 9.15. The first-order valence-corrected chi connectivity index (χ1v) is 9.49. The molecule has 29 heavy (non-hydrogen) atoms. The summed E-state index contributed by atoms with van der Waals surface area (Å²) in [5.41, 5.74) is 5.99. The molecule has 7 nitrogen and oxygen atoms in total.